The molecule has 0 unspecified atom stereocenters. The molecule has 1 aromatic carbocycles. The number of hydrogen-bond donors (Lipinski definition) is 2. The SMILES string of the molecule is CC[C@H](NC)C(=O)NS(=O)(=O)c1ccc([N+](=O)[O-])cc1. The first kappa shape index (κ1) is 16.1. The molecule has 0 bridgehead atoms. The number of amides is 1. The van der Waals surface area contributed by atoms with E-state index in [2.05, 4.69) is 5.32 Å². The summed E-state index contributed by atoms with van der Waals surface area (Å²) in [6.07, 6.45) is 0.429. The van der Waals surface area contributed by atoms with Crippen molar-refractivity contribution in [3.8, 4) is 0 Å². The smallest absolute Gasteiger partial charge is 0.269 e. The van der Waals surface area contributed by atoms with Gasteiger partial charge in [-0.15, -0.1) is 0 Å². The van der Waals surface area contributed by atoms with Crippen LogP contribution in [0.25, 0.3) is 0 Å². The van der Waals surface area contributed by atoms with Crippen molar-refractivity contribution in [3.05, 3.63) is 34.4 Å². The van der Waals surface area contributed by atoms with E-state index in [0.717, 1.165) is 24.3 Å². The molecule has 0 spiro atoms. The summed E-state index contributed by atoms with van der Waals surface area (Å²) >= 11 is 0. The van der Waals surface area contributed by atoms with Crippen molar-refractivity contribution in [3.63, 3.8) is 0 Å². The Kier molecular flexibility index (Phi) is 5.17. The predicted octanol–water partition coefficient (Wildman–Crippen LogP) is 0.398. The maximum absolute atomic E-state index is 11.9. The van der Waals surface area contributed by atoms with E-state index in [-0.39, 0.29) is 10.6 Å². The van der Waals surface area contributed by atoms with Gasteiger partial charge >= 0.3 is 0 Å². The Morgan fingerprint density at radius 1 is 1.35 bits per heavy atom. The van der Waals surface area contributed by atoms with Gasteiger partial charge in [-0.1, -0.05) is 6.92 Å². The molecule has 0 heterocycles. The summed E-state index contributed by atoms with van der Waals surface area (Å²) in [5, 5.41) is 13.2. The van der Waals surface area contributed by atoms with E-state index >= 15 is 0 Å². The highest BCUT2D eigenvalue weighted by molar-refractivity contribution is 7.90. The second kappa shape index (κ2) is 6.44. The second-order valence-corrected chi connectivity index (χ2v) is 5.65. The highest BCUT2D eigenvalue weighted by Gasteiger charge is 2.22. The first-order valence-corrected chi connectivity index (χ1v) is 7.28. The van der Waals surface area contributed by atoms with Gasteiger partial charge in [0.15, 0.2) is 0 Å². The lowest BCUT2D eigenvalue weighted by Crippen LogP contribution is -2.44. The van der Waals surface area contributed by atoms with Crippen LogP contribution in [0.4, 0.5) is 5.69 Å². The Hall–Kier alpha value is -2.00. The maximum atomic E-state index is 11.9. The van der Waals surface area contributed by atoms with Crippen LogP contribution in [-0.4, -0.2) is 32.3 Å². The standard InChI is InChI=1S/C11H15N3O5S/c1-3-10(12-2)11(15)13-20(18,19)9-6-4-8(5-7-9)14(16)17/h4-7,10,12H,3H2,1-2H3,(H,13,15)/t10-/m0/s1. The van der Waals surface area contributed by atoms with Gasteiger partial charge < -0.3 is 5.32 Å². The van der Waals surface area contributed by atoms with Crippen LogP contribution in [0.15, 0.2) is 29.2 Å². The number of carbonyl (C=O) groups is 1. The zero-order valence-corrected chi connectivity index (χ0v) is 11.8. The van der Waals surface area contributed by atoms with Crippen LogP contribution in [0, 0.1) is 10.1 Å². The fourth-order valence-corrected chi connectivity index (χ4v) is 2.55. The van der Waals surface area contributed by atoms with Gasteiger partial charge in [-0.2, -0.15) is 0 Å². The largest absolute Gasteiger partial charge is 0.309 e. The van der Waals surface area contributed by atoms with Crippen molar-refractivity contribution in [2.45, 2.75) is 24.3 Å². The van der Waals surface area contributed by atoms with Crippen LogP contribution >= 0.6 is 0 Å². The fourth-order valence-electron chi connectivity index (χ4n) is 1.53. The van der Waals surface area contributed by atoms with E-state index in [0.29, 0.717) is 6.42 Å². The number of likely N-dealkylation sites (N-methyl/N-ethyl adjacent to an activating group) is 1. The van der Waals surface area contributed by atoms with Crippen molar-refractivity contribution in [2.24, 2.45) is 0 Å². The van der Waals surface area contributed by atoms with Crippen molar-refractivity contribution >= 4 is 21.6 Å². The molecular formula is C11H15N3O5S. The van der Waals surface area contributed by atoms with Gasteiger partial charge in [-0.3, -0.25) is 14.9 Å². The van der Waals surface area contributed by atoms with E-state index in [9.17, 15) is 23.3 Å². The van der Waals surface area contributed by atoms with Crippen LogP contribution in [-0.2, 0) is 14.8 Å². The molecule has 0 aromatic heterocycles. The molecule has 8 nitrogen and oxygen atoms in total. The van der Waals surface area contributed by atoms with Crippen LogP contribution < -0.4 is 10.0 Å². The van der Waals surface area contributed by atoms with E-state index in [1.807, 2.05) is 4.72 Å². The second-order valence-electron chi connectivity index (χ2n) is 3.97. The zero-order chi connectivity index (χ0) is 15.3. The monoisotopic (exact) mass is 301 g/mol. The highest BCUT2D eigenvalue weighted by Crippen LogP contribution is 2.15. The van der Waals surface area contributed by atoms with Crippen molar-refractivity contribution in [2.75, 3.05) is 7.05 Å². The molecule has 0 aliphatic rings. The van der Waals surface area contributed by atoms with Gasteiger partial charge in [0, 0.05) is 12.1 Å². The molecule has 1 rings (SSSR count). The van der Waals surface area contributed by atoms with Crippen LogP contribution in [0.3, 0.4) is 0 Å². The number of rotatable bonds is 6. The number of sulfonamides is 1. The third-order valence-electron chi connectivity index (χ3n) is 2.67. The number of nitrogens with zero attached hydrogens (tertiary/aromatic N) is 1. The van der Waals surface area contributed by atoms with Crippen LogP contribution in [0.5, 0.6) is 0 Å². The first-order chi connectivity index (χ1) is 9.31. The number of carbonyl (C=O) groups excluding carboxylic acids is 1. The van der Waals surface area contributed by atoms with Crippen molar-refractivity contribution < 1.29 is 18.1 Å². The number of benzene rings is 1. The Bertz CT molecular complexity index is 593. The lowest BCUT2D eigenvalue weighted by molar-refractivity contribution is -0.384. The average Bonchev–Trinajstić information content (AvgIpc) is 2.39. The summed E-state index contributed by atoms with van der Waals surface area (Å²) < 4.78 is 25.8. The summed E-state index contributed by atoms with van der Waals surface area (Å²) in [6.45, 7) is 1.74. The Morgan fingerprint density at radius 2 is 1.90 bits per heavy atom. The highest BCUT2D eigenvalue weighted by atomic mass is 32.2. The molecule has 9 heteroatoms. The topological polar surface area (TPSA) is 118 Å². The molecule has 0 saturated heterocycles. The van der Waals surface area contributed by atoms with Gasteiger partial charge in [-0.05, 0) is 25.6 Å². The first-order valence-electron chi connectivity index (χ1n) is 5.80. The van der Waals surface area contributed by atoms with Gasteiger partial charge in [0.2, 0.25) is 0 Å². The van der Waals surface area contributed by atoms with Crippen molar-refractivity contribution in [1.82, 2.24) is 10.0 Å². The molecule has 2 N–H and O–H groups in total. The molecule has 0 aliphatic carbocycles. The maximum Gasteiger partial charge on any atom is 0.269 e. The molecule has 0 radical (unpaired) electrons. The van der Waals surface area contributed by atoms with Gasteiger partial charge in [0.25, 0.3) is 21.6 Å². The summed E-state index contributed by atoms with van der Waals surface area (Å²) in [7, 11) is -2.48. The third kappa shape index (κ3) is 3.75. The number of non-ortho nitro benzene ring substituents is 1. The molecule has 0 aliphatic heterocycles. The predicted molar refractivity (Wildman–Crippen MR) is 71.6 cm³/mol. The average molecular weight is 301 g/mol. The fraction of sp³-hybridized carbons (Fsp3) is 0.364. The van der Waals surface area contributed by atoms with Gasteiger partial charge in [0.05, 0.1) is 15.9 Å². The van der Waals surface area contributed by atoms with Gasteiger partial charge in [-0.25, -0.2) is 13.1 Å². The summed E-state index contributed by atoms with van der Waals surface area (Å²) in [4.78, 5) is 21.4. The number of nitrogens with one attached hydrogen (secondary N) is 2. The minimum absolute atomic E-state index is 0.206. The molecule has 1 aromatic rings. The van der Waals surface area contributed by atoms with Crippen molar-refractivity contribution in [1.29, 1.82) is 0 Å². The lowest BCUT2D eigenvalue weighted by atomic mass is 10.2. The summed E-state index contributed by atoms with van der Waals surface area (Å²) in [5.74, 6) is -0.673. The molecule has 20 heavy (non-hydrogen) atoms. The lowest BCUT2D eigenvalue weighted by Gasteiger charge is -2.14. The number of nitro groups is 1. The van der Waals surface area contributed by atoms with E-state index in [1.165, 1.54) is 0 Å². The minimum Gasteiger partial charge on any atom is -0.309 e. The molecule has 1 amide bonds. The summed E-state index contributed by atoms with van der Waals surface area (Å²) in [5.41, 5.74) is -0.225. The van der Waals surface area contributed by atoms with Gasteiger partial charge in [0.1, 0.15) is 0 Å². The molecule has 0 fully saturated rings. The Labute approximate surface area is 116 Å². The van der Waals surface area contributed by atoms with E-state index < -0.39 is 26.9 Å². The normalized spacial score (nSPS) is 12.7. The van der Waals surface area contributed by atoms with Crippen LogP contribution in [0.1, 0.15) is 13.3 Å². The Balaban J connectivity index is 2.94. The minimum atomic E-state index is -4.03. The number of hydrogen-bond acceptors (Lipinski definition) is 6. The molecule has 0 saturated carbocycles. The third-order valence-corrected chi connectivity index (χ3v) is 4.03. The zero-order valence-electron chi connectivity index (χ0n) is 11.0. The Morgan fingerprint density at radius 3 is 2.30 bits per heavy atom. The van der Waals surface area contributed by atoms with Crippen LogP contribution in [0.2, 0.25) is 0 Å². The molecule has 1 atom stereocenters. The quantitative estimate of drug-likeness (QED) is 0.580. The molecule has 110 valence electrons. The van der Waals surface area contributed by atoms with E-state index in [4.69, 9.17) is 0 Å². The number of nitro benzene ring substituents is 1. The summed E-state index contributed by atoms with van der Waals surface area (Å²) in [6, 6.07) is 3.66. The molecular weight excluding hydrogens is 286 g/mol. The van der Waals surface area contributed by atoms with E-state index in [1.54, 1.807) is 14.0 Å².